The van der Waals surface area contributed by atoms with E-state index in [2.05, 4.69) is 20.4 Å². The molecule has 1 unspecified atom stereocenters. The van der Waals surface area contributed by atoms with Crippen LogP contribution in [0.1, 0.15) is 19.3 Å². The van der Waals surface area contributed by atoms with Gasteiger partial charge in [-0.25, -0.2) is 0 Å². The quantitative estimate of drug-likeness (QED) is 0.701. The van der Waals surface area contributed by atoms with Crippen LogP contribution in [0.3, 0.4) is 0 Å². The van der Waals surface area contributed by atoms with Crippen LogP contribution in [-0.4, -0.2) is 35.3 Å². The maximum Gasteiger partial charge on any atom is 0.324 e. The van der Waals surface area contributed by atoms with Crippen molar-refractivity contribution in [2.24, 2.45) is 0 Å². The van der Waals surface area contributed by atoms with Crippen molar-refractivity contribution in [3.63, 3.8) is 0 Å². The lowest BCUT2D eigenvalue weighted by molar-refractivity contribution is 0.376. The van der Waals surface area contributed by atoms with Gasteiger partial charge in [-0.15, -0.1) is 0 Å². The second kappa shape index (κ2) is 2.95. The maximum absolute atomic E-state index is 5.14. The van der Waals surface area contributed by atoms with Gasteiger partial charge in [-0.1, -0.05) is 5.16 Å². The average molecular weight is 194 g/mol. The van der Waals surface area contributed by atoms with Crippen LogP contribution in [0.2, 0.25) is 0 Å². The lowest BCUT2D eigenvalue weighted by atomic mass is 9.96. The summed E-state index contributed by atoms with van der Waals surface area (Å²) in [6, 6.07) is 0.686. The first-order chi connectivity index (χ1) is 6.91. The Morgan fingerprint density at radius 2 is 2.50 bits per heavy atom. The van der Waals surface area contributed by atoms with E-state index in [0.29, 0.717) is 6.01 Å². The molecular weight excluding hydrogens is 180 g/mol. The van der Waals surface area contributed by atoms with E-state index in [0.717, 1.165) is 19.6 Å². The lowest BCUT2D eigenvalue weighted by Crippen LogP contribution is -2.45. The molecule has 2 saturated heterocycles. The molecule has 3 heterocycles. The topological polar surface area (TPSA) is 54.2 Å². The fraction of sp³-hybridized carbons (Fsp3) is 0.778. The van der Waals surface area contributed by atoms with E-state index >= 15 is 0 Å². The van der Waals surface area contributed by atoms with Crippen LogP contribution < -0.4 is 10.2 Å². The SMILES string of the molecule is c1noc(N2CCCC23CCNC3)n1. The van der Waals surface area contributed by atoms with Gasteiger partial charge in [0, 0.05) is 13.1 Å². The van der Waals surface area contributed by atoms with Crippen molar-refractivity contribution in [2.45, 2.75) is 24.8 Å². The number of nitrogens with one attached hydrogen (secondary N) is 1. The Bertz CT molecular complexity index is 299. The molecule has 2 fully saturated rings. The van der Waals surface area contributed by atoms with Crippen molar-refractivity contribution in [1.82, 2.24) is 15.5 Å². The smallest absolute Gasteiger partial charge is 0.317 e. The Morgan fingerprint density at radius 3 is 3.21 bits per heavy atom. The summed E-state index contributed by atoms with van der Waals surface area (Å²) in [6.07, 6.45) is 5.13. The minimum Gasteiger partial charge on any atom is -0.317 e. The van der Waals surface area contributed by atoms with Gasteiger partial charge < -0.3 is 14.7 Å². The second-order valence-corrected chi connectivity index (χ2v) is 4.13. The minimum absolute atomic E-state index is 0.256. The Hall–Kier alpha value is -1.10. The monoisotopic (exact) mass is 194 g/mol. The second-order valence-electron chi connectivity index (χ2n) is 4.13. The van der Waals surface area contributed by atoms with E-state index in [1.54, 1.807) is 0 Å². The highest BCUT2D eigenvalue weighted by Gasteiger charge is 2.45. The third-order valence-corrected chi connectivity index (χ3v) is 3.40. The summed E-state index contributed by atoms with van der Waals surface area (Å²) >= 11 is 0. The molecule has 1 spiro atoms. The summed E-state index contributed by atoms with van der Waals surface area (Å²) in [7, 11) is 0. The average Bonchev–Trinajstić information content (AvgIpc) is 2.91. The highest BCUT2D eigenvalue weighted by atomic mass is 16.5. The third kappa shape index (κ3) is 1.05. The standard InChI is InChI=1S/C9H14N4O/c1-2-9(3-4-10-6-9)13(5-1)8-11-7-12-14-8/h7,10H,1-6H2. The van der Waals surface area contributed by atoms with Crippen molar-refractivity contribution in [2.75, 3.05) is 24.5 Å². The van der Waals surface area contributed by atoms with Crippen LogP contribution in [-0.2, 0) is 0 Å². The largest absolute Gasteiger partial charge is 0.324 e. The molecule has 2 aliphatic rings. The zero-order valence-corrected chi connectivity index (χ0v) is 8.07. The molecule has 1 aromatic heterocycles. The van der Waals surface area contributed by atoms with Crippen molar-refractivity contribution in [3.8, 4) is 0 Å². The van der Waals surface area contributed by atoms with E-state index in [4.69, 9.17) is 4.52 Å². The zero-order valence-electron chi connectivity index (χ0n) is 8.07. The van der Waals surface area contributed by atoms with Crippen molar-refractivity contribution in [3.05, 3.63) is 6.33 Å². The highest BCUT2D eigenvalue weighted by Crippen LogP contribution is 2.36. The molecule has 0 amide bonds. The van der Waals surface area contributed by atoms with Crippen LogP contribution in [0.15, 0.2) is 10.9 Å². The van der Waals surface area contributed by atoms with Gasteiger partial charge in [0.25, 0.3) is 0 Å². The molecule has 3 rings (SSSR count). The summed E-state index contributed by atoms with van der Waals surface area (Å²) in [4.78, 5) is 6.42. The molecule has 0 radical (unpaired) electrons. The Labute approximate surface area is 82.5 Å². The molecule has 14 heavy (non-hydrogen) atoms. The van der Waals surface area contributed by atoms with Crippen LogP contribution >= 0.6 is 0 Å². The van der Waals surface area contributed by atoms with Gasteiger partial charge in [0.15, 0.2) is 6.33 Å². The number of anilines is 1. The van der Waals surface area contributed by atoms with Crippen molar-refractivity contribution >= 4 is 6.01 Å². The molecule has 0 aromatic carbocycles. The zero-order chi connectivity index (χ0) is 9.43. The molecule has 0 saturated carbocycles. The Balaban J connectivity index is 1.91. The first-order valence-electron chi connectivity index (χ1n) is 5.16. The predicted octanol–water partition coefficient (Wildman–Crippen LogP) is 0.402. The van der Waals surface area contributed by atoms with Crippen LogP contribution in [0.5, 0.6) is 0 Å². The first kappa shape index (κ1) is 8.23. The molecular formula is C9H14N4O. The van der Waals surface area contributed by atoms with Gasteiger partial charge in [-0.3, -0.25) is 0 Å². The van der Waals surface area contributed by atoms with Crippen LogP contribution in [0.25, 0.3) is 0 Å². The van der Waals surface area contributed by atoms with Gasteiger partial charge >= 0.3 is 6.01 Å². The fourth-order valence-corrected chi connectivity index (χ4v) is 2.70. The molecule has 5 nitrogen and oxygen atoms in total. The van der Waals surface area contributed by atoms with Gasteiger partial charge in [0.2, 0.25) is 0 Å². The summed E-state index contributed by atoms with van der Waals surface area (Å²) in [5.41, 5.74) is 0.256. The maximum atomic E-state index is 5.14. The molecule has 76 valence electrons. The van der Waals surface area contributed by atoms with Crippen LogP contribution in [0.4, 0.5) is 6.01 Å². The summed E-state index contributed by atoms with van der Waals surface area (Å²) in [5.74, 6) is 0. The number of aromatic nitrogens is 2. The molecule has 0 bridgehead atoms. The van der Waals surface area contributed by atoms with Gasteiger partial charge in [-0.2, -0.15) is 4.98 Å². The van der Waals surface area contributed by atoms with E-state index in [1.807, 2.05) is 0 Å². The minimum atomic E-state index is 0.256. The van der Waals surface area contributed by atoms with E-state index in [-0.39, 0.29) is 5.54 Å². The van der Waals surface area contributed by atoms with Crippen molar-refractivity contribution in [1.29, 1.82) is 0 Å². The number of hydrogen-bond donors (Lipinski definition) is 1. The normalized spacial score (nSPS) is 31.9. The van der Waals surface area contributed by atoms with Gasteiger partial charge in [-0.05, 0) is 25.8 Å². The molecule has 0 aliphatic carbocycles. The Morgan fingerprint density at radius 1 is 1.50 bits per heavy atom. The molecule has 1 N–H and O–H groups in total. The van der Waals surface area contributed by atoms with Crippen molar-refractivity contribution < 1.29 is 4.52 Å². The molecule has 1 atom stereocenters. The number of rotatable bonds is 1. The molecule has 2 aliphatic heterocycles. The van der Waals surface area contributed by atoms with Gasteiger partial charge in [0.1, 0.15) is 0 Å². The fourth-order valence-electron chi connectivity index (χ4n) is 2.70. The van der Waals surface area contributed by atoms with Gasteiger partial charge in [0.05, 0.1) is 5.54 Å². The summed E-state index contributed by atoms with van der Waals surface area (Å²) in [6.45, 7) is 3.20. The molecule has 5 heteroatoms. The number of nitrogens with zero attached hydrogens (tertiary/aromatic N) is 3. The highest BCUT2D eigenvalue weighted by molar-refractivity contribution is 5.35. The lowest BCUT2D eigenvalue weighted by Gasteiger charge is -2.32. The third-order valence-electron chi connectivity index (χ3n) is 3.40. The van der Waals surface area contributed by atoms with E-state index in [9.17, 15) is 0 Å². The van der Waals surface area contributed by atoms with E-state index in [1.165, 1.54) is 25.6 Å². The predicted molar refractivity (Wildman–Crippen MR) is 51.1 cm³/mol. The number of hydrogen-bond acceptors (Lipinski definition) is 5. The van der Waals surface area contributed by atoms with E-state index < -0.39 is 0 Å². The first-order valence-corrected chi connectivity index (χ1v) is 5.16. The summed E-state index contributed by atoms with van der Waals surface area (Å²) in [5, 5.41) is 7.09. The summed E-state index contributed by atoms with van der Waals surface area (Å²) < 4.78 is 5.14. The molecule has 1 aromatic rings. The Kier molecular flexibility index (Phi) is 1.73. The van der Waals surface area contributed by atoms with Crippen LogP contribution in [0, 0.1) is 0 Å².